The Morgan fingerprint density at radius 1 is 1.21 bits per heavy atom. The van der Waals surface area contributed by atoms with Crippen molar-refractivity contribution < 1.29 is 9.84 Å². The third-order valence-electron chi connectivity index (χ3n) is 3.08. The Kier molecular flexibility index (Phi) is 8.26. The molecule has 0 unspecified atom stereocenters. The lowest BCUT2D eigenvalue weighted by Gasteiger charge is -2.14. The van der Waals surface area contributed by atoms with Crippen LogP contribution in [0, 0.1) is 6.92 Å². The van der Waals surface area contributed by atoms with Crippen molar-refractivity contribution in [2.24, 2.45) is 0 Å². The quantitative estimate of drug-likeness (QED) is 0.639. The van der Waals surface area contributed by atoms with Gasteiger partial charge in [0.1, 0.15) is 5.75 Å². The van der Waals surface area contributed by atoms with Crippen LogP contribution in [0.1, 0.15) is 43.7 Å². The van der Waals surface area contributed by atoms with E-state index in [9.17, 15) is 0 Å². The summed E-state index contributed by atoms with van der Waals surface area (Å²) in [5.41, 5.74) is 2.42. The van der Waals surface area contributed by atoms with Gasteiger partial charge in [0.25, 0.3) is 0 Å². The van der Waals surface area contributed by atoms with Gasteiger partial charge in [0.2, 0.25) is 0 Å². The maximum atomic E-state index is 8.74. The first kappa shape index (κ1) is 16.0. The van der Waals surface area contributed by atoms with Crippen molar-refractivity contribution >= 4 is 0 Å². The number of para-hydroxylation sites is 1. The van der Waals surface area contributed by atoms with Crippen molar-refractivity contribution in [1.82, 2.24) is 5.32 Å². The Morgan fingerprint density at radius 2 is 2.05 bits per heavy atom. The molecular formula is C16H27NO2. The number of hydrogen-bond acceptors (Lipinski definition) is 3. The summed E-state index contributed by atoms with van der Waals surface area (Å²) < 4.78 is 5.92. The molecule has 1 aromatic carbocycles. The number of rotatable bonds is 10. The van der Waals surface area contributed by atoms with Crippen LogP contribution in [0.2, 0.25) is 0 Å². The molecule has 0 saturated heterocycles. The van der Waals surface area contributed by atoms with Gasteiger partial charge in [-0.2, -0.15) is 0 Å². The van der Waals surface area contributed by atoms with Crippen LogP contribution < -0.4 is 10.1 Å². The van der Waals surface area contributed by atoms with Crippen molar-refractivity contribution in [3.8, 4) is 5.75 Å². The number of benzene rings is 1. The van der Waals surface area contributed by atoms with Crippen molar-refractivity contribution in [3.63, 3.8) is 0 Å². The number of aliphatic hydroxyl groups is 1. The molecule has 0 fully saturated rings. The van der Waals surface area contributed by atoms with Gasteiger partial charge in [-0.05, 0) is 44.7 Å². The first-order valence-electron chi connectivity index (χ1n) is 7.32. The molecule has 0 atom stereocenters. The van der Waals surface area contributed by atoms with Crippen molar-refractivity contribution in [2.45, 2.75) is 46.1 Å². The van der Waals surface area contributed by atoms with Gasteiger partial charge in [-0.1, -0.05) is 25.1 Å². The van der Waals surface area contributed by atoms with Crippen LogP contribution in [-0.2, 0) is 6.54 Å². The van der Waals surface area contributed by atoms with E-state index in [0.29, 0.717) is 0 Å². The number of aliphatic hydroxyl groups excluding tert-OH is 1. The van der Waals surface area contributed by atoms with Crippen LogP contribution in [0.4, 0.5) is 0 Å². The summed E-state index contributed by atoms with van der Waals surface area (Å²) in [6.07, 6.45) is 4.02. The van der Waals surface area contributed by atoms with Crippen LogP contribution in [0.25, 0.3) is 0 Å². The second-order valence-electron chi connectivity index (χ2n) is 4.87. The number of unbranched alkanes of at least 4 members (excludes halogenated alkanes) is 2. The molecular weight excluding hydrogens is 238 g/mol. The smallest absolute Gasteiger partial charge is 0.126 e. The van der Waals surface area contributed by atoms with E-state index in [-0.39, 0.29) is 6.61 Å². The highest BCUT2D eigenvalue weighted by atomic mass is 16.5. The third-order valence-corrected chi connectivity index (χ3v) is 3.08. The lowest BCUT2D eigenvalue weighted by molar-refractivity contribution is 0.264. The Hall–Kier alpha value is -1.06. The number of aryl methyl sites for hydroxylation is 1. The number of hydrogen-bond donors (Lipinski definition) is 2. The van der Waals surface area contributed by atoms with Gasteiger partial charge < -0.3 is 15.2 Å². The molecule has 1 rings (SSSR count). The monoisotopic (exact) mass is 265 g/mol. The van der Waals surface area contributed by atoms with Crippen molar-refractivity contribution in [1.29, 1.82) is 0 Å². The Balaban J connectivity index is 2.49. The Bertz CT molecular complexity index is 353. The molecule has 1 aromatic rings. The number of ether oxygens (including phenoxy) is 1. The summed E-state index contributed by atoms with van der Waals surface area (Å²) in [6.45, 7) is 7.15. The molecule has 3 heteroatoms. The molecule has 0 radical (unpaired) electrons. The fraction of sp³-hybridized carbons (Fsp3) is 0.625. The van der Waals surface area contributed by atoms with E-state index >= 15 is 0 Å². The van der Waals surface area contributed by atoms with Gasteiger partial charge in [-0.3, -0.25) is 0 Å². The molecule has 0 saturated carbocycles. The first-order valence-corrected chi connectivity index (χ1v) is 7.32. The molecule has 108 valence electrons. The molecule has 0 aliphatic carbocycles. The average molecular weight is 265 g/mol. The van der Waals surface area contributed by atoms with E-state index < -0.39 is 0 Å². The first-order chi connectivity index (χ1) is 9.29. The molecule has 0 aromatic heterocycles. The molecule has 2 N–H and O–H groups in total. The summed E-state index contributed by atoms with van der Waals surface area (Å²) in [7, 11) is 0. The average Bonchev–Trinajstić information content (AvgIpc) is 2.41. The summed E-state index contributed by atoms with van der Waals surface area (Å²) in [5.74, 6) is 1.02. The molecule has 0 spiro atoms. The third kappa shape index (κ3) is 6.08. The zero-order valence-corrected chi connectivity index (χ0v) is 12.2. The van der Waals surface area contributed by atoms with Crippen LogP contribution in [0.15, 0.2) is 18.2 Å². The molecule has 0 amide bonds. The molecule has 0 bridgehead atoms. The maximum Gasteiger partial charge on any atom is 0.126 e. The van der Waals surface area contributed by atoms with Gasteiger partial charge in [0.05, 0.1) is 6.61 Å². The van der Waals surface area contributed by atoms with Crippen LogP contribution >= 0.6 is 0 Å². The van der Waals surface area contributed by atoms with Crippen molar-refractivity contribution in [3.05, 3.63) is 29.3 Å². The van der Waals surface area contributed by atoms with Crippen molar-refractivity contribution in [2.75, 3.05) is 19.8 Å². The SMILES string of the molecule is CCCNCc1cccc(C)c1OCCCCCO. The van der Waals surface area contributed by atoms with E-state index in [1.807, 2.05) is 0 Å². The normalized spacial score (nSPS) is 10.7. The highest BCUT2D eigenvalue weighted by molar-refractivity contribution is 5.40. The molecule has 3 nitrogen and oxygen atoms in total. The highest BCUT2D eigenvalue weighted by Gasteiger charge is 2.06. The fourth-order valence-electron chi connectivity index (χ4n) is 2.02. The molecule has 19 heavy (non-hydrogen) atoms. The fourth-order valence-corrected chi connectivity index (χ4v) is 2.02. The van der Waals surface area contributed by atoms with E-state index in [2.05, 4.69) is 37.4 Å². The zero-order valence-electron chi connectivity index (χ0n) is 12.2. The highest BCUT2D eigenvalue weighted by Crippen LogP contribution is 2.23. The van der Waals surface area contributed by atoms with Crippen LogP contribution in [0.3, 0.4) is 0 Å². The van der Waals surface area contributed by atoms with Gasteiger partial charge >= 0.3 is 0 Å². The van der Waals surface area contributed by atoms with Crippen LogP contribution in [0.5, 0.6) is 5.75 Å². The summed E-state index contributed by atoms with van der Waals surface area (Å²) in [5, 5.41) is 12.2. The predicted octanol–water partition coefficient (Wildman–Crippen LogP) is 3.04. The van der Waals surface area contributed by atoms with E-state index in [1.54, 1.807) is 0 Å². The zero-order chi connectivity index (χ0) is 13.9. The Morgan fingerprint density at radius 3 is 2.79 bits per heavy atom. The van der Waals surface area contributed by atoms with Gasteiger partial charge in [-0.25, -0.2) is 0 Å². The topological polar surface area (TPSA) is 41.5 Å². The number of nitrogens with one attached hydrogen (secondary N) is 1. The summed E-state index contributed by atoms with van der Waals surface area (Å²) in [6, 6.07) is 6.29. The Labute approximate surface area is 117 Å². The van der Waals surface area contributed by atoms with Crippen LogP contribution in [-0.4, -0.2) is 24.9 Å². The molecule has 0 heterocycles. The molecule has 0 aliphatic heterocycles. The predicted molar refractivity (Wildman–Crippen MR) is 79.6 cm³/mol. The standard InChI is InChI=1S/C16H27NO2/c1-3-10-17-13-15-9-7-8-14(2)16(15)19-12-6-4-5-11-18/h7-9,17-18H,3-6,10-13H2,1-2H3. The minimum absolute atomic E-state index is 0.274. The second-order valence-corrected chi connectivity index (χ2v) is 4.87. The maximum absolute atomic E-state index is 8.74. The van der Waals surface area contributed by atoms with Gasteiger partial charge in [0, 0.05) is 18.7 Å². The van der Waals surface area contributed by atoms with E-state index in [4.69, 9.17) is 9.84 Å². The lowest BCUT2D eigenvalue weighted by Crippen LogP contribution is -2.15. The largest absolute Gasteiger partial charge is 0.493 e. The van der Waals surface area contributed by atoms with Gasteiger partial charge in [0.15, 0.2) is 0 Å². The minimum Gasteiger partial charge on any atom is -0.493 e. The van der Waals surface area contributed by atoms with Gasteiger partial charge in [-0.15, -0.1) is 0 Å². The second kappa shape index (κ2) is 9.82. The van der Waals surface area contributed by atoms with E-state index in [0.717, 1.165) is 51.1 Å². The summed E-state index contributed by atoms with van der Waals surface area (Å²) in [4.78, 5) is 0. The summed E-state index contributed by atoms with van der Waals surface area (Å²) >= 11 is 0. The van der Waals surface area contributed by atoms with E-state index in [1.165, 1.54) is 11.1 Å². The minimum atomic E-state index is 0.274. The molecule has 0 aliphatic rings. The lowest BCUT2D eigenvalue weighted by atomic mass is 10.1.